The molecule has 0 bridgehead atoms. The van der Waals surface area contributed by atoms with Crippen LogP contribution >= 0.6 is 0 Å². The quantitative estimate of drug-likeness (QED) is 0.724. The molecule has 0 unspecified atom stereocenters. The lowest BCUT2D eigenvalue weighted by molar-refractivity contribution is 0.0900. The molecule has 6 nitrogen and oxygen atoms in total. The first kappa shape index (κ1) is 19.5. The van der Waals surface area contributed by atoms with E-state index < -0.39 is 0 Å². The minimum Gasteiger partial charge on any atom is -0.497 e. The molecule has 3 aromatic rings. The van der Waals surface area contributed by atoms with E-state index in [0.717, 1.165) is 60.4 Å². The Morgan fingerprint density at radius 1 is 1.28 bits per heavy atom. The smallest absolute Gasteiger partial charge is 0.268 e. The Balaban J connectivity index is 1.41. The number of fused-ring (bicyclic) bond motifs is 1. The first-order valence-electron chi connectivity index (χ1n) is 10.1. The van der Waals surface area contributed by atoms with Crippen LogP contribution < -0.4 is 10.1 Å². The maximum absolute atomic E-state index is 13.1. The van der Waals surface area contributed by atoms with Crippen LogP contribution in [0.2, 0.25) is 0 Å². The van der Waals surface area contributed by atoms with Crippen LogP contribution in [0.25, 0.3) is 10.9 Å². The number of likely N-dealkylation sites (tertiary alicyclic amines) is 1. The molecule has 152 valence electrons. The van der Waals surface area contributed by atoms with Crippen LogP contribution in [0.4, 0.5) is 0 Å². The van der Waals surface area contributed by atoms with Crippen LogP contribution in [0.3, 0.4) is 0 Å². The molecule has 4 rings (SSSR count). The topological polar surface area (TPSA) is 59.4 Å². The lowest BCUT2D eigenvalue weighted by Crippen LogP contribution is -2.44. The van der Waals surface area contributed by atoms with Gasteiger partial charge in [-0.1, -0.05) is 6.07 Å². The molecule has 0 saturated carbocycles. The summed E-state index contributed by atoms with van der Waals surface area (Å²) in [7, 11) is 3.61. The highest BCUT2D eigenvalue weighted by Crippen LogP contribution is 2.28. The number of rotatable bonds is 5. The van der Waals surface area contributed by atoms with Gasteiger partial charge in [-0.3, -0.25) is 14.7 Å². The summed E-state index contributed by atoms with van der Waals surface area (Å²) < 4.78 is 7.33. The van der Waals surface area contributed by atoms with Crippen LogP contribution in [0.5, 0.6) is 5.75 Å². The van der Waals surface area contributed by atoms with Crippen LogP contribution in [0, 0.1) is 6.92 Å². The van der Waals surface area contributed by atoms with Gasteiger partial charge < -0.3 is 14.6 Å². The second kappa shape index (κ2) is 8.25. The van der Waals surface area contributed by atoms with E-state index in [-0.39, 0.29) is 11.9 Å². The Bertz CT molecular complexity index is 1000. The molecule has 1 aromatic carbocycles. The Labute approximate surface area is 171 Å². The summed E-state index contributed by atoms with van der Waals surface area (Å²) in [5.74, 6) is 0.810. The Morgan fingerprint density at radius 2 is 2.07 bits per heavy atom. The Hall–Kier alpha value is -2.86. The predicted molar refractivity (Wildman–Crippen MR) is 114 cm³/mol. The number of carbonyl (C=O) groups is 1. The Kier molecular flexibility index (Phi) is 5.53. The molecule has 0 radical (unpaired) electrons. The summed E-state index contributed by atoms with van der Waals surface area (Å²) in [5.41, 5.74) is 4.00. The van der Waals surface area contributed by atoms with Gasteiger partial charge in [0.15, 0.2) is 0 Å². The fourth-order valence-corrected chi connectivity index (χ4v) is 4.30. The maximum Gasteiger partial charge on any atom is 0.268 e. The third-order valence-corrected chi connectivity index (χ3v) is 5.93. The van der Waals surface area contributed by atoms with Crippen molar-refractivity contribution in [2.45, 2.75) is 32.4 Å². The molecule has 1 amide bonds. The van der Waals surface area contributed by atoms with Crippen molar-refractivity contribution < 1.29 is 9.53 Å². The number of pyridine rings is 1. The second-order valence-corrected chi connectivity index (χ2v) is 7.80. The van der Waals surface area contributed by atoms with E-state index in [2.05, 4.69) is 21.3 Å². The van der Waals surface area contributed by atoms with Gasteiger partial charge in [-0.15, -0.1) is 0 Å². The normalized spacial score (nSPS) is 15.6. The highest BCUT2D eigenvalue weighted by molar-refractivity contribution is 6.02. The number of ether oxygens (including phenoxy) is 1. The summed E-state index contributed by atoms with van der Waals surface area (Å²) in [6, 6.07) is 10.2. The van der Waals surface area contributed by atoms with Gasteiger partial charge in [0.25, 0.3) is 5.91 Å². The molecule has 29 heavy (non-hydrogen) atoms. The highest BCUT2D eigenvalue weighted by Gasteiger charge is 2.24. The molecule has 1 aliphatic rings. The number of amides is 1. The van der Waals surface area contributed by atoms with Gasteiger partial charge in [0.2, 0.25) is 0 Å². The van der Waals surface area contributed by atoms with Crippen molar-refractivity contribution in [2.75, 3.05) is 20.2 Å². The van der Waals surface area contributed by atoms with Gasteiger partial charge in [0.1, 0.15) is 11.4 Å². The van der Waals surface area contributed by atoms with Gasteiger partial charge in [-0.2, -0.15) is 0 Å². The molecule has 3 heterocycles. The molecule has 0 spiro atoms. The van der Waals surface area contributed by atoms with Crippen molar-refractivity contribution in [3.63, 3.8) is 0 Å². The van der Waals surface area contributed by atoms with Crippen LogP contribution in [-0.4, -0.2) is 46.6 Å². The number of hydrogen-bond donors (Lipinski definition) is 1. The summed E-state index contributed by atoms with van der Waals surface area (Å²) >= 11 is 0. The van der Waals surface area contributed by atoms with Crippen molar-refractivity contribution in [3.05, 3.63) is 59.5 Å². The molecule has 1 saturated heterocycles. The molecule has 6 heteroatoms. The zero-order valence-corrected chi connectivity index (χ0v) is 17.3. The molecular weight excluding hydrogens is 364 g/mol. The van der Waals surface area contributed by atoms with Crippen LogP contribution in [-0.2, 0) is 13.6 Å². The molecule has 2 aromatic heterocycles. The number of nitrogens with zero attached hydrogens (tertiary/aromatic N) is 3. The average molecular weight is 393 g/mol. The summed E-state index contributed by atoms with van der Waals surface area (Å²) in [6.07, 6.45) is 5.65. The van der Waals surface area contributed by atoms with E-state index >= 15 is 0 Å². The monoisotopic (exact) mass is 392 g/mol. The maximum atomic E-state index is 13.1. The number of carbonyl (C=O) groups excluding carboxylic acids is 1. The third kappa shape index (κ3) is 3.98. The number of aromatic nitrogens is 2. The summed E-state index contributed by atoms with van der Waals surface area (Å²) in [6.45, 7) is 4.88. The van der Waals surface area contributed by atoms with Crippen molar-refractivity contribution in [1.29, 1.82) is 0 Å². The zero-order valence-electron chi connectivity index (χ0n) is 17.3. The average Bonchev–Trinajstić information content (AvgIpc) is 3.00. The van der Waals surface area contributed by atoms with E-state index in [1.165, 1.54) is 5.56 Å². The van der Waals surface area contributed by atoms with Crippen molar-refractivity contribution in [3.8, 4) is 5.75 Å². The minimum absolute atomic E-state index is 0.00544. The molecule has 0 atom stereocenters. The highest BCUT2D eigenvalue weighted by atomic mass is 16.5. The van der Waals surface area contributed by atoms with E-state index in [1.54, 1.807) is 13.3 Å². The van der Waals surface area contributed by atoms with Crippen molar-refractivity contribution in [1.82, 2.24) is 19.8 Å². The molecule has 1 N–H and O–H groups in total. The second-order valence-electron chi connectivity index (χ2n) is 7.80. The Morgan fingerprint density at radius 3 is 2.76 bits per heavy atom. The van der Waals surface area contributed by atoms with E-state index in [9.17, 15) is 4.79 Å². The number of piperidine rings is 1. The number of benzene rings is 1. The molecule has 0 aliphatic carbocycles. The zero-order chi connectivity index (χ0) is 20.4. The van der Waals surface area contributed by atoms with Crippen molar-refractivity contribution >= 4 is 16.8 Å². The molecule has 1 aliphatic heterocycles. The van der Waals surface area contributed by atoms with E-state index in [1.807, 2.05) is 49.0 Å². The first-order chi connectivity index (χ1) is 14.1. The number of nitrogens with one attached hydrogen (secondary N) is 1. The van der Waals surface area contributed by atoms with Gasteiger partial charge >= 0.3 is 0 Å². The third-order valence-electron chi connectivity index (χ3n) is 5.93. The summed E-state index contributed by atoms with van der Waals surface area (Å²) in [5, 5.41) is 4.32. The number of methoxy groups -OCH3 is 1. The minimum atomic E-state index is 0.00544. The SMILES string of the molecule is COc1ccc2c(c1)c(C)c(C(=O)NC1CCN(Cc3cccnc3)CC1)n2C. The molecule has 1 fully saturated rings. The fourth-order valence-electron chi connectivity index (χ4n) is 4.30. The largest absolute Gasteiger partial charge is 0.497 e. The lowest BCUT2D eigenvalue weighted by atomic mass is 10.0. The van der Waals surface area contributed by atoms with Gasteiger partial charge in [-0.25, -0.2) is 0 Å². The lowest BCUT2D eigenvalue weighted by Gasteiger charge is -2.32. The van der Waals surface area contributed by atoms with Crippen LogP contribution in [0.15, 0.2) is 42.7 Å². The fraction of sp³-hybridized carbons (Fsp3) is 0.391. The number of hydrogen-bond acceptors (Lipinski definition) is 4. The van der Waals surface area contributed by atoms with Gasteiger partial charge in [-0.05, 0) is 55.2 Å². The standard InChI is InChI=1S/C23H28N4O2/c1-16-20-13-19(29-3)6-7-21(20)26(2)22(16)23(28)25-18-8-11-27(12-9-18)15-17-5-4-10-24-14-17/h4-7,10,13-14,18H,8-9,11-12,15H2,1-3H3,(H,25,28). The van der Waals surface area contributed by atoms with Crippen molar-refractivity contribution in [2.24, 2.45) is 7.05 Å². The van der Waals surface area contributed by atoms with Gasteiger partial charge in [0, 0.05) is 56.0 Å². The number of aryl methyl sites for hydroxylation is 2. The molecular formula is C23H28N4O2. The first-order valence-corrected chi connectivity index (χ1v) is 10.1. The van der Waals surface area contributed by atoms with Crippen LogP contribution in [0.1, 0.15) is 34.5 Å². The van der Waals surface area contributed by atoms with E-state index in [4.69, 9.17) is 4.74 Å². The predicted octanol–water partition coefficient (Wildman–Crippen LogP) is 3.28. The van der Waals surface area contributed by atoms with Gasteiger partial charge in [0.05, 0.1) is 7.11 Å². The van der Waals surface area contributed by atoms with E-state index in [0.29, 0.717) is 0 Å². The summed E-state index contributed by atoms with van der Waals surface area (Å²) in [4.78, 5) is 19.7.